The zero-order valence-corrected chi connectivity index (χ0v) is 8.98. The van der Waals surface area contributed by atoms with Crippen LogP contribution in [0.15, 0.2) is 15.9 Å². The summed E-state index contributed by atoms with van der Waals surface area (Å²) in [7, 11) is 0. The largest absolute Gasteiger partial charge is 0.382 e. The molecule has 0 radical (unpaired) electrons. The molecule has 0 aliphatic rings. The number of aliphatic hydroxyl groups is 1. The van der Waals surface area contributed by atoms with Crippen LogP contribution in [0.25, 0.3) is 0 Å². The molecule has 1 heterocycles. The van der Waals surface area contributed by atoms with E-state index in [2.05, 4.69) is 15.9 Å². The van der Waals surface area contributed by atoms with E-state index in [9.17, 15) is 9.90 Å². The molecule has 1 N–H and O–H groups in total. The molecule has 12 heavy (non-hydrogen) atoms. The minimum atomic E-state index is -1.23. The molecule has 0 saturated carbocycles. The predicted molar refractivity (Wildman–Crippen MR) is 52.4 cm³/mol. The van der Waals surface area contributed by atoms with Gasteiger partial charge in [-0.05, 0) is 28.9 Å². The summed E-state index contributed by atoms with van der Waals surface area (Å²) in [6.45, 7) is 1.51. The Labute approximate surface area is 83.4 Å². The van der Waals surface area contributed by atoms with Gasteiger partial charge in [0.1, 0.15) is 5.60 Å². The average Bonchev–Trinajstić information content (AvgIpc) is 2.35. The van der Waals surface area contributed by atoms with Crippen LogP contribution in [0.3, 0.4) is 0 Å². The van der Waals surface area contributed by atoms with E-state index in [1.807, 2.05) is 11.4 Å². The van der Waals surface area contributed by atoms with Crippen LogP contribution in [0.1, 0.15) is 11.8 Å². The summed E-state index contributed by atoms with van der Waals surface area (Å²) < 4.78 is 0.990. The van der Waals surface area contributed by atoms with Crippen molar-refractivity contribution in [1.82, 2.24) is 0 Å². The van der Waals surface area contributed by atoms with Crippen LogP contribution in [-0.2, 0) is 11.2 Å². The van der Waals surface area contributed by atoms with E-state index in [4.69, 9.17) is 0 Å². The quantitative estimate of drug-likeness (QED) is 0.832. The van der Waals surface area contributed by atoms with Gasteiger partial charge in [-0.15, -0.1) is 11.3 Å². The lowest BCUT2D eigenvalue weighted by molar-refractivity contribution is -0.122. The first-order chi connectivity index (χ1) is 5.53. The first kappa shape index (κ1) is 9.89. The molecule has 1 unspecified atom stereocenters. The van der Waals surface area contributed by atoms with Crippen molar-refractivity contribution < 1.29 is 9.90 Å². The molecule has 0 saturated heterocycles. The second-order valence-electron chi connectivity index (χ2n) is 2.88. The smallest absolute Gasteiger partial charge is 0.151 e. The molecule has 0 bridgehead atoms. The van der Waals surface area contributed by atoms with Crippen molar-refractivity contribution in [3.05, 3.63) is 20.8 Å². The fourth-order valence-electron chi connectivity index (χ4n) is 0.841. The van der Waals surface area contributed by atoms with Crippen molar-refractivity contribution in [1.29, 1.82) is 0 Å². The third-order valence-electron chi connectivity index (χ3n) is 1.41. The van der Waals surface area contributed by atoms with Crippen molar-refractivity contribution >= 4 is 33.6 Å². The molecule has 1 atom stereocenters. The van der Waals surface area contributed by atoms with Crippen LogP contribution in [0.5, 0.6) is 0 Å². The highest BCUT2D eigenvalue weighted by Crippen LogP contribution is 2.23. The molecular weight excluding hydrogens is 240 g/mol. The molecule has 0 aromatic carbocycles. The minimum Gasteiger partial charge on any atom is -0.382 e. The molecule has 0 spiro atoms. The summed E-state index contributed by atoms with van der Waals surface area (Å²) in [6, 6.07) is 1.91. The minimum absolute atomic E-state index is 0.382. The van der Waals surface area contributed by atoms with E-state index < -0.39 is 5.60 Å². The van der Waals surface area contributed by atoms with Gasteiger partial charge in [-0.3, -0.25) is 0 Å². The van der Waals surface area contributed by atoms with E-state index in [0.29, 0.717) is 12.7 Å². The maximum atomic E-state index is 10.4. The predicted octanol–water partition coefficient (Wildman–Crippen LogP) is 2.00. The number of aldehydes is 1. The van der Waals surface area contributed by atoms with Crippen LogP contribution < -0.4 is 0 Å². The molecule has 66 valence electrons. The van der Waals surface area contributed by atoms with Crippen molar-refractivity contribution in [3.63, 3.8) is 0 Å². The van der Waals surface area contributed by atoms with E-state index in [0.717, 1.165) is 9.35 Å². The Kier molecular flexibility index (Phi) is 3.04. The SMILES string of the molecule is CC(O)(C=O)Cc1cc(Br)cs1. The Morgan fingerprint density at radius 1 is 1.83 bits per heavy atom. The Balaban J connectivity index is 2.69. The Hall–Kier alpha value is -0.190. The van der Waals surface area contributed by atoms with Gasteiger partial charge in [0.15, 0.2) is 6.29 Å². The Morgan fingerprint density at radius 3 is 2.92 bits per heavy atom. The fourth-order valence-corrected chi connectivity index (χ4v) is 2.45. The molecule has 0 aliphatic heterocycles. The van der Waals surface area contributed by atoms with Gasteiger partial charge in [0.25, 0.3) is 0 Å². The summed E-state index contributed by atoms with van der Waals surface area (Å²) >= 11 is 4.83. The van der Waals surface area contributed by atoms with E-state index in [1.54, 1.807) is 0 Å². The number of rotatable bonds is 3. The van der Waals surface area contributed by atoms with Crippen LogP contribution in [0.4, 0.5) is 0 Å². The molecule has 2 nitrogen and oxygen atoms in total. The topological polar surface area (TPSA) is 37.3 Å². The third-order valence-corrected chi connectivity index (χ3v) is 3.11. The van der Waals surface area contributed by atoms with Gasteiger partial charge in [0, 0.05) is 21.2 Å². The maximum absolute atomic E-state index is 10.4. The second-order valence-corrected chi connectivity index (χ2v) is 4.79. The number of carbonyl (C=O) groups excluding carboxylic acids is 1. The number of carbonyl (C=O) groups is 1. The monoisotopic (exact) mass is 248 g/mol. The molecule has 4 heteroatoms. The van der Waals surface area contributed by atoms with Crippen molar-refractivity contribution in [2.75, 3.05) is 0 Å². The van der Waals surface area contributed by atoms with Crippen LogP contribution in [0, 0.1) is 0 Å². The van der Waals surface area contributed by atoms with Gasteiger partial charge in [0.05, 0.1) is 0 Å². The Morgan fingerprint density at radius 2 is 2.50 bits per heavy atom. The van der Waals surface area contributed by atoms with E-state index in [-0.39, 0.29) is 0 Å². The number of hydrogen-bond donors (Lipinski definition) is 1. The highest BCUT2D eigenvalue weighted by atomic mass is 79.9. The summed E-state index contributed by atoms with van der Waals surface area (Å²) in [4.78, 5) is 11.4. The van der Waals surface area contributed by atoms with Crippen molar-refractivity contribution in [2.24, 2.45) is 0 Å². The van der Waals surface area contributed by atoms with Crippen molar-refractivity contribution in [2.45, 2.75) is 18.9 Å². The van der Waals surface area contributed by atoms with Crippen molar-refractivity contribution in [3.8, 4) is 0 Å². The zero-order valence-electron chi connectivity index (χ0n) is 6.58. The fraction of sp³-hybridized carbons (Fsp3) is 0.375. The summed E-state index contributed by atoms with van der Waals surface area (Å²) in [6.07, 6.45) is 0.952. The standard InChI is InChI=1S/C8H9BrO2S/c1-8(11,5-10)3-7-2-6(9)4-12-7/h2,4-5,11H,3H2,1H3. The first-order valence-corrected chi connectivity index (χ1v) is 5.12. The maximum Gasteiger partial charge on any atom is 0.151 e. The highest BCUT2D eigenvalue weighted by Gasteiger charge is 2.20. The zero-order chi connectivity index (χ0) is 9.19. The normalized spacial score (nSPS) is 15.6. The summed E-state index contributed by atoms with van der Waals surface area (Å²) in [5.74, 6) is 0. The lowest BCUT2D eigenvalue weighted by Gasteiger charge is -2.13. The van der Waals surface area contributed by atoms with E-state index in [1.165, 1.54) is 18.3 Å². The molecular formula is C8H9BrO2S. The lowest BCUT2D eigenvalue weighted by atomic mass is 10.0. The van der Waals surface area contributed by atoms with Gasteiger partial charge >= 0.3 is 0 Å². The number of thiophene rings is 1. The molecule has 1 aromatic rings. The Bertz CT molecular complexity index is 280. The second kappa shape index (κ2) is 3.68. The van der Waals surface area contributed by atoms with Gasteiger partial charge in [-0.1, -0.05) is 0 Å². The van der Waals surface area contributed by atoms with E-state index >= 15 is 0 Å². The highest BCUT2D eigenvalue weighted by molar-refractivity contribution is 9.10. The molecule has 1 aromatic heterocycles. The summed E-state index contributed by atoms with van der Waals surface area (Å²) in [5.41, 5.74) is -1.23. The molecule has 0 aliphatic carbocycles. The lowest BCUT2D eigenvalue weighted by Crippen LogP contribution is -2.28. The first-order valence-electron chi connectivity index (χ1n) is 3.45. The van der Waals surface area contributed by atoms with Crippen LogP contribution >= 0.6 is 27.3 Å². The number of hydrogen-bond acceptors (Lipinski definition) is 3. The van der Waals surface area contributed by atoms with Crippen LogP contribution in [0.2, 0.25) is 0 Å². The molecule has 0 fully saturated rings. The molecule has 0 amide bonds. The third kappa shape index (κ3) is 2.69. The van der Waals surface area contributed by atoms with Crippen LogP contribution in [-0.4, -0.2) is 17.0 Å². The van der Waals surface area contributed by atoms with Gasteiger partial charge in [-0.25, -0.2) is 0 Å². The summed E-state index contributed by atoms with van der Waals surface area (Å²) in [5, 5.41) is 11.3. The molecule has 1 rings (SSSR count). The number of halogens is 1. The van der Waals surface area contributed by atoms with Gasteiger partial charge in [0.2, 0.25) is 0 Å². The average molecular weight is 249 g/mol. The van der Waals surface area contributed by atoms with Gasteiger partial charge < -0.3 is 9.90 Å². The van der Waals surface area contributed by atoms with Gasteiger partial charge in [-0.2, -0.15) is 0 Å².